The SMILES string of the molecule is C[C@H]1NC[C@H](c2ccccc2Cl)c2c1[nH]c1ccccc21. The first-order chi connectivity index (χ1) is 10.3. The molecule has 21 heavy (non-hydrogen) atoms. The molecule has 0 saturated heterocycles. The van der Waals surface area contributed by atoms with E-state index >= 15 is 0 Å². The first-order valence-electron chi connectivity index (χ1n) is 7.34. The molecule has 106 valence electrons. The third-order valence-electron chi connectivity index (χ3n) is 4.47. The number of benzene rings is 2. The number of halogens is 1. The van der Waals surface area contributed by atoms with Gasteiger partial charge >= 0.3 is 0 Å². The van der Waals surface area contributed by atoms with Crippen molar-refractivity contribution >= 4 is 22.5 Å². The second-order valence-electron chi connectivity index (χ2n) is 5.70. The predicted octanol–water partition coefficient (Wildman–Crippen LogP) is 4.62. The maximum Gasteiger partial charge on any atom is 0.0459 e. The van der Waals surface area contributed by atoms with Crippen molar-refractivity contribution in [3.8, 4) is 0 Å². The van der Waals surface area contributed by atoms with Gasteiger partial charge in [-0.1, -0.05) is 48.0 Å². The van der Waals surface area contributed by atoms with Crippen LogP contribution in [0, 0.1) is 0 Å². The highest BCUT2D eigenvalue weighted by atomic mass is 35.5. The van der Waals surface area contributed by atoms with Gasteiger partial charge < -0.3 is 10.3 Å². The first-order valence-corrected chi connectivity index (χ1v) is 7.72. The zero-order valence-electron chi connectivity index (χ0n) is 11.9. The van der Waals surface area contributed by atoms with Crippen LogP contribution in [0.1, 0.15) is 35.7 Å². The van der Waals surface area contributed by atoms with E-state index in [0.717, 1.165) is 11.6 Å². The van der Waals surface area contributed by atoms with E-state index in [1.807, 2.05) is 12.1 Å². The van der Waals surface area contributed by atoms with E-state index in [1.165, 1.54) is 27.7 Å². The Morgan fingerprint density at radius 1 is 1.05 bits per heavy atom. The number of H-pyrrole nitrogens is 1. The van der Waals surface area contributed by atoms with Crippen molar-refractivity contribution in [1.82, 2.24) is 10.3 Å². The van der Waals surface area contributed by atoms with Gasteiger partial charge in [-0.3, -0.25) is 0 Å². The molecule has 2 N–H and O–H groups in total. The molecular formula is C18H17ClN2. The number of aromatic nitrogens is 1. The number of para-hydroxylation sites is 1. The van der Waals surface area contributed by atoms with Gasteiger partial charge in [0, 0.05) is 40.1 Å². The maximum absolute atomic E-state index is 6.44. The first kappa shape index (κ1) is 12.9. The number of hydrogen-bond acceptors (Lipinski definition) is 1. The summed E-state index contributed by atoms with van der Waals surface area (Å²) < 4.78 is 0. The van der Waals surface area contributed by atoms with Gasteiger partial charge in [-0.2, -0.15) is 0 Å². The Bertz CT molecular complexity index is 806. The molecule has 1 aliphatic rings. The summed E-state index contributed by atoms with van der Waals surface area (Å²) >= 11 is 6.44. The number of nitrogens with one attached hydrogen (secondary N) is 2. The van der Waals surface area contributed by atoms with Crippen LogP contribution in [0.4, 0.5) is 0 Å². The fraction of sp³-hybridized carbons (Fsp3) is 0.222. The molecule has 3 aromatic rings. The molecule has 0 saturated carbocycles. The Morgan fingerprint density at radius 3 is 2.67 bits per heavy atom. The minimum Gasteiger partial charge on any atom is -0.357 e. The van der Waals surface area contributed by atoms with Crippen LogP contribution in [0.25, 0.3) is 10.9 Å². The fourth-order valence-electron chi connectivity index (χ4n) is 3.42. The van der Waals surface area contributed by atoms with Gasteiger partial charge in [-0.25, -0.2) is 0 Å². The summed E-state index contributed by atoms with van der Waals surface area (Å²) in [5, 5.41) is 5.74. The smallest absolute Gasteiger partial charge is 0.0459 e. The van der Waals surface area contributed by atoms with E-state index in [9.17, 15) is 0 Å². The van der Waals surface area contributed by atoms with Gasteiger partial charge in [0.1, 0.15) is 0 Å². The molecule has 0 fully saturated rings. The van der Waals surface area contributed by atoms with Crippen LogP contribution in [-0.2, 0) is 0 Å². The second-order valence-corrected chi connectivity index (χ2v) is 6.11. The van der Waals surface area contributed by atoms with E-state index in [1.54, 1.807) is 0 Å². The monoisotopic (exact) mass is 296 g/mol. The van der Waals surface area contributed by atoms with Crippen molar-refractivity contribution < 1.29 is 0 Å². The predicted molar refractivity (Wildman–Crippen MR) is 88.0 cm³/mol. The minimum atomic E-state index is 0.293. The van der Waals surface area contributed by atoms with E-state index < -0.39 is 0 Å². The van der Waals surface area contributed by atoms with Crippen LogP contribution < -0.4 is 5.32 Å². The zero-order valence-corrected chi connectivity index (χ0v) is 12.6. The Kier molecular flexibility index (Phi) is 3.02. The third kappa shape index (κ3) is 1.98. The molecule has 0 bridgehead atoms. The quantitative estimate of drug-likeness (QED) is 0.674. The molecule has 0 unspecified atom stereocenters. The van der Waals surface area contributed by atoms with E-state index in [-0.39, 0.29) is 0 Å². The van der Waals surface area contributed by atoms with Crippen LogP contribution in [0.3, 0.4) is 0 Å². The molecule has 2 heterocycles. The summed E-state index contributed by atoms with van der Waals surface area (Å²) in [6.07, 6.45) is 0. The Hall–Kier alpha value is -1.77. The molecule has 4 rings (SSSR count). The molecular weight excluding hydrogens is 280 g/mol. The lowest BCUT2D eigenvalue weighted by molar-refractivity contribution is 0.502. The molecule has 0 radical (unpaired) electrons. The van der Waals surface area contributed by atoms with Crippen molar-refractivity contribution in [2.75, 3.05) is 6.54 Å². The van der Waals surface area contributed by atoms with Gasteiger partial charge in [0.25, 0.3) is 0 Å². The lowest BCUT2D eigenvalue weighted by atomic mass is 9.85. The standard InChI is InChI=1S/C18H17ClN2/c1-11-18-17(13-7-3-5-9-16(13)21-18)14(10-20-11)12-6-2-4-8-15(12)19/h2-9,11,14,20-21H,10H2,1H3/t11-,14-/m1/s1. The van der Waals surface area contributed by atoms with Crippen molar-refractivity contribution in [3.05, 3.63) is 70.4 Å². The summed E-state index contributed by atoms with van der Waals surface area (Å²) in [6.45, 7) is 3.12. The highest BCUT2D eigenvalue weighted by Gasteiger charge is 2.30. The highest BCUT2D eigenvalue weighted by molar-refractivity contribution is 6.31. The van der Waals surface area contributed by atoms with Gasteiger partial charge in [0.05, 0.1) is 0 Å². The summed E-state index contributed by atoms with van der Waals surface area (Å²) in [5.41, 5.74) is 5.08. The molecule has 2 atom stereocenters. The molecule has 0 aliphatic carbocycles. The lowest BCUT2D eigenvalue weighted by Gasteiger charge is -2.29. The van der Waals surface area contributed by atoms with E-state index in [4.69, 9.17) is 11.6 Å². The van der Waals surface area contributed by atoms with Gasteiger partial charge in [-0.05, 0) is 30.2 Å². The van der Waals surface area contributed by atoms with Crippen molar-refractivity contribution in [2.45, 2.75) is 18.9 Å². The third-order valence-corrected chi connectivity index (χ3v) is 4.81. The summed E-state index contributed by atoms with van der Waals surface area (Å²) in [6, 6.07) is 17.0. The summed E-state index contributed by atoms with van der Waals surface area (Å²) in [4.78, 5) is 3.58. The number of fused-ring (bicyclic) bond motifs is 3. The van der Waals surface area contributed by atoms with Crippen LogP contribution >= 0.6 is 11.6 Å². The largest absolute Gasteiger partial charge is 0.357 e. The average Bonchev–Trinajstić information content (AvgIpc) is 2.89. The number of aromatic amines is 1. The number of hydrogen-bond donors (Lipinski definition) is 2. The van der Waals surface area contributed by atoms with Gasteiger partial charge in [-0.15, -0.1) is 0 Å². The Balaban J connectivity index is 1.98. The minimum absolute atomic E-state index is 0.293. The van der Waals surface area contributed by atoms with Crippen LogP contribution in [0.15, 0.2) is 48.5 Å². The Labute approximate surface area is 129 Å². The van der Waals surface area contributed by atoms with Gasteiger partial charge in [0.15, 0.2) is 0 Å². The van der Waals surface area contributed by atoms with E-state index in [2.05, 4.69) is 53.6 Å². The molecule has 1 aliphatic heterocycles. The molecule has 1 aromatic heterocycles. The van der Waals surface area contributed by atoms with Crippen molar-refractivity contribution in [3.63, 3.8) is 0 Å². The average molecular weight is 297 g/mol. The Morgan fingerprint density at radius 2 is 1.81 bits per heavy atom. The maximum atomic E-state index is 6.44. The molecule has 2 aromatic carbocycles. The normalized spacial score (nSPS) is 21.4. The molecule has 0 amide bonds. The van der Waals surface area contributed by atoms with Crippen LogP contribution in [0.5, 0.6) is 0 Å². The van der Waals surface area contributed by atoms with Crippen molar-refractivity contribution in [2.24, 2.45) is 0 Å². The van der Waals surface area contributed by atoms with Crippen molar-refractivity contribution in [1.29, 1.82) is 0 Å². The summed E-state index contributed by atoms with van der Waals surface area (Å²) in [5.74, 6) is 0.293. The summed E-state index contributed by atoms with van der Waals surface area (Å²) in [7, 11) is 0. The second kappa shape index (κ2) is 4.90. The topological polar surface area (TPSA) is 27.8 Å². The van der Waals surface area contributed by atoms with E-state index in [0.29, 0.717) is 12.0 Å². The zero-order chi connectivity index (χ0) is 14.4. The highest BCUT2D eigenvalue weighted by Crippen LogP contribution is 2.40. The number of rotatable bonds is 1. The van der Waals surface area contributed by atoms with Gasteiger partial charge in [0.2, 0.25) is 0 Å². The lowest BCUT2D eigenvalue weighted by Crippen LogP contribution is -2.31. The van der Waals surface area contributed by atoms with Crippen LogP contribution in [0.2, 0.25) is 5.02 Å². The fourth-order valence-corrected chi connectivity index (χ4v) is 3.69. The molecule has 3 heteroatoms. The molecule has 2 nitrogen and oxygen atoms in total. The molecule has 0 spiro atoms. The van der Waals surface area contributed by atoms with Crippen LogP contribution in [-0.4, -0.2) is 11.5 Å².